The van der Waals surface area contributed by atoms with Gasteiger partial charge in [0.05, 0.1) is 16.4 Å². The SMILES string of the molecule is Cc1sc2nc(CS[C@H](C)C(=O)N3CC[C@H](C)C[C@@H]3C)[nH]c(=O)c2c1C. The van der Waals surface area contributed by atoms with Crippen LogP contribution in [-0.2, 0) is 10.5 Å². The second-order valence-corrected chi connectivity index (χ2v) is 9.97. The fourth-order valence-electron chi connectivity index (χ4n) is 3.61. The Kier molecular flexibility index (Phi) is 5.77. The highest BCUT2D eigenvalue weighted by Crippen LogP contribution is 2.28. The van der Waals surface area contributed by atoms with Crippen LogP contribution < -0.4 is 5.56 Å². The number of hydrogen-bond acceptors (Lipinski definition) is 5. The van der Waals surface area contributed by atoms with Crippen molar-refractivity contribution in [2.45, 2.75) is 64.5 Å². The van der Waals surface area contributed by atoms with Gasteiger partial charge in [0.15, 0.2) is 0 Å². The Morgan fingerprint density at radius 2 is 2.15 bits per heavy atom. The first-order valence-corrected chi connectivity index (χ1v) is 11.1. The number of piperidine rings is 1. The Hall–Kier alpha value is -1.34. The smallest absolute Gasteiger partial charge is 0.259 e. The highest BCUT2D eigenvalue weighted by molar-refractivity contribution is 7.99. The van der Waals surface area contributed by atoms with E-state index in [-0.39, 0.29) is 16.7 Å². The number of amides is 1. The van der Waals surface area contributed by atoms with Crippen LogP contribution in [0.2, 0.25) is 0 Å². The molecule has 3 atom stereocenters. The number of nitrogens with zero attached hydrogens (tertiary/aromatic N) is 2. The minimum atomic E-state index is -0.140. The summed E-state index contributed by atoms with van der Waals surface area (Å²) in [6.07, 6.45) is 2.15. The molecule has 26 heavy (non-hydrogen) atoms. The second-order valence-electron chi connectivity index (χ2n) is 7.44. The molecular weight excluding hydrogens is 366 g/mol. The molecule has 0 radical (unpaired) electrons. The summed E-state index contributed by atoms with van der Waals surface area (Å²) in [6, 6.07) is 0.306. The Labute approximate surface area is 162 Å². The lowest BCUT2D eigenvalue weighted by molar-refractivity contribution is -0.134. The number of fused-ring (bicyclic) bond motifs is 1. The molecule has 0 unspecified atom stereocenters. The van der Waals surface area contributed by atoms with E-state index in [1.54, 1.807) is 23.1 Å². The first kappa shape index (κ1) is 19.4. The van der Waals surface area contributed by atoms with Gasteiger partial charge in [0.25, 0.3) is 5.56 Å². The summed E-state index contributed by atoms with van der Waals surface area (Å²) >= 11 is 3.10. The Morgan fingerprint density at radius 1 is 1.42 bits per heavy atom. The fraction of sp³-hybridized carbons (Fsp3) is 0.632. The molecule has 1 amide bonds. The van der Waals surface area contributed by atoms with Gasteiger partial charge in [-0.25, -0.2) is 4.98 Å². The highest BCUT2D eigenvalue weighted by atomic mass is 32.2. The van der Waals surface area contributed by atoms with E-state index in [0.29, 0.717) is 28.9 Å². The van der Waals surface area contributed by atoms with Gasteiger partial charge in [-0.05, 0) is 52.0 Å². The van der Waals surface area contributed by atoms with E-state index in [1.807, 2.05) is 25.7 Å². The monoisotopic (exact) mass is 393 g/mol. The summed E-state index contributed by atoms with van der Waals surface area (Å²) in [5, 5.41) is 0.556. The van der Waals surface area contributed by atoms with Crippen LogP contribution in [-0.4, -0.2) is 38.6 Å². The lowest BCUT2D eigenvalue weighted by Crippen LogP contribution is -2.47. The second kappa shape index (κ2) is 7.72. The van der Waals surface area contributed by atoms with Crippen LogP contribution in [0.5, 0.6) is 0 Å². The van der Waals surface area contributed by atoms with Gasteiger partial charge in [-0.1, -0.05) is 6.92 Å². The predicted octanol–water partition coefficient (Wildman–Crippen LogP) is 3.87. The molecule has 2 aromatic heterocycles. The minimum Gasteiger partial charge on any atom is -0.339 e. The van der Waals surface area contributed by atoms with E-state index in [2.05, 4.69) is 23.8 Å². The molecule has 142 valence electrons. The number of carbonyl (C=O) groups is 1. The Balaban J connectivity index is 1.67. The first-order chi connectivity index (χ1) is 12.3. The average molecular weight is 394 g/mol. The van der Waals surface area contributed by atoms with Crippen molar-refractivity contribution in [2.24, 2.45) is 5.92 Å². The van der Waals surface area contributed by atoms with Crippen molar-refractivity contribution in [3.8, 4) is 0 Å². The molecule has 3 heterocycles. The molecule has 2 aromatic rings. The molecule has 1 saturated heterocycles. The molecule has 7 heteroatoms. The normalized spacial score (nSPS) is 22.0. The van der Waals surface area contributed by atoms with Crippen LogP contribution in [0, 0.1) is 19.8 Å². The number of rotatable bonds is 4. The zero-order valence-corrected chi connectivity index (χ0v) is 17.7. The molecule has 1 fully saturated rings. The lowest BCUT2D eigenvalue weighted by atomic mass is 9.93. The summed E-state index contributed by atoms with van der Waals surface area (Å²) in [5.41, 5.74) is 0.930. The number of nitrogens with one attached hydrogen (secondary N) is 1. The van der Waals surface area contributed by atoms with Gasteiger partial charge in [0.2, 0.25) is 5.91 Å². The number of carbonyl (C=O) groups excluding carboxylic acids is 1. The van der Waals surface area contributed by atoms with E-state index in [9.17, 15) is 9.59 Å². The van der Waals surface area contributed by atoms with Crippen molar-refractivity contribution in [1.82, 2.24) is 14.9 Å². The van der Waals surface area contributed by atoms with E-state index in [0.717, 1.165) is 34.7 Å². The van der Waals surface area contributed by atoms with Crippen LogP contribution in [0.1, 0.15) is 49.9 Å². The molecule has 0 bridgehead atoms. The van der Waals surface area contributed by atoms with Crippen molar-refractivity contribution in [2.75, 3.05) is 6.54 Å². The number of aromatic nitrogens is 2. The fourth-order valence-corrected chi connectivity index (χ4v) is 5.48. The molecule has 0 saturated carbocycles. The van der Waals surface area contributed by atoms with Crippen LogP contribution in [0.15, 0.2) is 4.79 Å². The van der Waals surface area contributed by atoms with Gasteiger partial charge in [-0.2, -0.15) is 0 Å². The molecule has 1 aliphatic heterocycles. The Bertz CT molecular complexity index is 874. The largest absolute Gasteiger partial charge is 0.339 e. The molecule has 0 aromatic carbocycles. The molecule has 1 N–H and O–H groups in total. The van der Waals surface area contributed by atoms with Gasteiger partial charge >= 0.3 is 0 Å². The number of hydrogen-bond donors (Lipinski definition) is 1. The molecule has 1 aliphatic rings. The number of thioether (sulfide) groups is 1. The van der Waals surface area contributed by atoms with Gasteiger partial charge < -0.3 is 9.88 Å². The van der Waals surface area contributed by atoms with Gasteiger partial charge in [-0.3, -0.25) is 9.59 Å². The molecule has 0 spiro atoms. The van der Waals surface area contributed by atoms with E-state index in [4.69, 9.17) is 0 Å². The summed E-state index contributed by atoms with van der Waals surface area (Å²) < 4.78 is 0. The average Bonchev–Trinajstić information content (AvgIpc) is 2.86. The highest BCUT2D eigenvalue weighted by Gasteiger charge is 2.29. The summed E-state index contributed by atoms with van der Waals surface area (Å²) in [7, 11) is 0. The third kappa shape index (κ3) is 3.83. The van der Waals surface area contributed by atoms with Crippen molar-refractivity contribution in [3.63, 3.8) is 0 Å². The molecule has 5 nitrogen and oxygen atoms in total. The molecular formula is C19H27N3O2S2. The standard InChI is InChI=1S/C19H27N3O2S2/c1-10-6-7-22(11(2)8-10)19(24)14(5)25-9-15-20-17(23)16-12(3)13(4)26-18(16)21-15/h10-11,14H,6-9H2,1-5H3,(H,20,21,23)/t10-,11-,14+/m0/s1. The van der Waals surface area contributed by atoms with Gasteiger partial charge in [0.1, 0.15) is 10.7 Å². The number of likely N-dealkylation sites (tertiary alicyclic amines) is 1. The Morgan fingerprint density at radius 3 is 2.85 bits per heavy atom. The summed E-state index contributed by atoms with van der Waals surface area (Å²) in [5.74, 6) is 2.07. The maximum absolute atomic E-state index is 12.8. The lowest BCUT2D eigenvalue weighted by Gasteiger charge is -2.37. The van der Waals surface area contributed by atoms with Crippen LogP contribution in [0.4, 0.5) is 0 Å². The number of aryl methyl sites for hydroxylation is 2. The van der Waals surface area contributed by atoms with Crippen LogP contribution in [0.3, 0.4) is 0 Å². The number of thiophene rings is 1. The predicted molar refractivity (Wildman–Crippen MR) is 110 cm³/mol. The van der Waals surface area contributed by atoms with E-state index >= 15 is 0 Å². The van der Waals surface area contributed by atoms with Crippen LogP contribution in [0.25, 0.3) is 10.2 Å². The topological polar surface area (TPSA) is 66.1 Å². The summed E-state index contributed by atoms with van der Waals surface area (Å²) in [4.78, 5) is 36.6. The maximum atomic E-state index is 12.8. The van der Waals surface area contributed by atoms with Gasteiger partial charge in [0, 0.05) is 17.5 Å². The molecule has 3 rings (SSSR count). The number of aromatic amines is 1. The van der Waals surface area contributed by atoms with Crippen molar-refractivity contribution in [3.05, 3.63) is 26.6 Å². The quantitative estimate of drug-likeness (QED) is 0.856. The van der Waals surface area contributed by atoms with Crippen molar-refractivity contribution < 1.29 is 4.79 Å². The third-order valence-electron chi connectivity index (χ3n) is 5.33. The van der Waals surface area contributed by atoms with E-state index < -0.39 is 0 Å². The zero-order valence-electron chi connectivity index (χ0n) is 16.1. The van der Waals surface area contributed by atoms with Crippen molar-refractivity contribution >= 4 is 39.2 Å². The third-order valence-corrected chi connectivity index (χ3v) is 7.57. The zero-order chi connectivity index (χ0) is 19.0. The summed E-state index contributed by atoms with van der Waals surface area (Å²) in [6.45, 7) is 11.2. The minimum absolute atomic E-state index is 0.0786. The molecule has 0 aliphatic carbocycles. The van der Waals surface area contributed by atoms with Gasteiger partial charge in [-0.15, -0.1) is 23.1 Å². The first-order valence-electron chi connectivity index (χ1n) is 9.19. The van der Waals surface area contributed by atoms with E-state index in [1.165, 1.54) is 0 Å². The van der Waals surface area contributed by atoms with Crippen LogP contribution >= 0.6 is 23.1 Å². The maximum Gasteiger partial charge on any atom is 0.259 e. The van der Waals surface area contributed by atoms with Crippen molar-refractivity contribution in [1.29, 1.82) is 0 Å². The number of H-pyrrole nitrogens is 1.